The summed E-state index contributed by atoms with van der Waals surface area (Å²) in [5, 5.41) is 6.11. The Hall–Kier alpha value is -3.33. The Morgan fingerprint density at radius 1 is 0.966 bits per heavy atom. The summed E-state index contributed by atoms with van der Waals surface area (Å²) >= 11 is 0. The molecule has 2 aromatic heterocycles. The lowest BCUT2D eigenvalue weighted by atomic mass is 10.2. The maximum absolute atomic E-state index is 5.67. The highest BCUT2D eigenvalue weighted by Crippen LogP contribution is 2.30. The standard InChI is InChI=1S/C20H26N8O/c1-21-18-11-23-19(12-22-18)25-20-13-28(14-24-20)16-5-4-15(10-17(16)29-3)27-8-6-26(2)7-9-27/h4-5,10-14H,6-9H2,1-3H3,(H,21,22)(H,23,25). The molecule has 0 radical (unpaired) electrons. The van der Waals surface area contributed by atoms with Crippen molar-refractivity contribution in [2.24, 2.45) is 0 Å². The number of likely N-dealkylation sites (N-methyl/N-ethyl adjacent to an activating group) is 1. The van der Waals surface area contributed by atoms with Crippen molar-refractivity contribution in [1.82, 2.24) is 24.4 Å². The van der Waals surface area contributed by atoms with Gasteiger partial charge in [0.05, 0.1) is 31.4 Å². The first-order chi connectivity index (χ1) is 14.2. The van der Waals surface area contributed by atoms with Crippen LogP contribution in [0.1, 0.15) is 0 Å². The predicted octanol–water partition coefficient (Wildman–Crippen LogP) is 2.21. The van der Waals surface area contributed by atoms with Crippen LogP contribution in [0.4, 0.5) is 23.1 Å². The van der Waals surface area contributed by atoms with Crippen LogP contribution in [0.5, 0.6) is 5.75 Å². The van der Waals surface area contributed by atoms with E-state index in [4.69, 9.17) is 4.74 Å². The van der Waals surface area contributed by atoms with E-state index in [1.54, 1.807) is 32.9 Å². The van der Waals surface area contributed by atoms with Gasteiger partial charge in [0.2, 0.25) is 0 Å². The van der Waals surface area contributed by atoms with E-state index in [0.717, 1.165) is 37.6 Å². The number of nitrogens with one attached hydrogen (secondary N) is 2. The van der Waals surface area contributed by atoms with Gasteiger partial charge < -0.3 is 29.7 Å². The van der Waals surface area contributed by atoms with Crippen LogP contribution in [0, 0.1) is 0 Å². The normalized spacial score (nSPS) is 14.7. The fraction of sp³-hybridized carbons (Fsp3) is 0.350. The second-order valence-corrected chi connectivity index (χ2v) is 6.97. The number of hydrogen-bond donors (Lipinski definition) is 2. The number of rotatable bonds is 6. The molecule has 4 rings (SSSR count). The van der Waals surface area contributed by atoms with Crippen LogP contribution < -0.4 is 20.3 Å². The molecule has 0 bridgehead atoms. The number of ether oxygens (including phenoxy) is 1. The summed E-state index contributed by atoms with van der Waals surface area (Å²) in [6.07, 6.45) is 6.99. The first-order valence-electron chi connectivity index (χ1n) is 9.59. The van der Waals surface area contributed by atoms with E-state index in [-0.39, 0.29) is 0 Å². The highest BCUT2D eigenvalue weighted by atomic mass is 16.5. The van der Waals surface area contributed by atoms with Gasteiger partial charge in [-0.25, -0.2) is 15.0 Å². The molecule has 1 aliphatic heterocycles. The molecule has 1 aromatic carbocycles. The third-order valence-corrected chi connectivity index (χ3v) is 5.06. The van der Waals surface area contributed by atoms with Crippen molar-refractivity contribution in [3.05, 3.63) is 43.1 Å². The van der Waals surface area contributed by atoms with Gasteiger partial charge in [-0.2, -0.15) is 0 Å². The molecule has 0 aliphatic carbocycles. The van der Waals surface area contributed by atoms with Gasteiger partial charge in [-0.05, 0) is 19.2 Å². The number of nitrogens with zero attached hydrogens (tertiary/aromatic N) is 6. The van der Waals surface area contributed by atoms with Crippen molar-refractivity contribution in [2.45, 2.75) is 0 Å². The Labute approximate surface area is 170 Å². The van der Waals surface area contributed by atoms with E-state index in [1.807, 2.05) is 10.8 Å². The Bertz CT molecular complexity index is 947. The highest BCUT2D eigenvalue weighted by Gasteiger charge is 2.16. The summed E-state index contributed by atoms with van der Waals surface area (Å²) < 4.78 is 7.60. The first kappa shape index (κ1) is 19.0. The minimum absolute atomic E-state index is 0.631. The minimum atomic E-state index is 0.631. The van der Waals surface area contributed by atoms with Gasteiger partial charge in [0.1, 0.15) is 29.5 Å². The number of benzene rings is 1. The number of methoxy groups -OCH3 is 1. The zero-order valence-corrected chi connectivity index (χ0v) is 17.0. The molecule has 1 aliphatic rings. The quantitative estimate of drug-likeness (QED) is 0.658. The maximum atomic E-state index is 5.67. The van der Waals surface area contributed by atoms with Crippen LogP contribution in [0.25, 0.3) is 5.69 Å². The zero-order valence-electron chi connectivity index (χ0n) is 17.0. The minimum Gasteiger partial charge on any atom is -0.494 e. The fourth-order valence-corrected chi connectivity index (χ4v) is 3.31. The molecular formula is C20H26N8O. The van der Waals surface area contributed by atoms with Gasteiger partial charge in [-0.15, -0.1) is 0 Å². The molecule has 1 saturated heterocycles. The molecule has 29 heavy (non-hydrogen) atoms. The van der Waals surface area contributed by atoms with E-state index in [9.17, 15) is 0 Å². The number of piperazine rings is 1. The summed E-state index contributed by atoms with van der Waals surface area (Å²) in [5.74, 6) is 2.84. The van der Waals surface area contributed by atoms with Gasteiger partial charge in [0, 0.05) is 45.0 Å². The second-order valence-electron chi connectivity index (χ2n) is 6.97. The molecule has 0 saturated carbocycles. The van der Waals surface area contributed by atoms with Gasteiger partial charge in [0.25, 0.3) is 0 Å². The summed E-state index contributed by atoms with van der Waals surface area (Å²) in [7, 11) is 5.66. The van der Waals surface area contributed by atoms with Gasteiger partial charge in [0.15, 0.2) is 0 Å². The summed E-state index contributed by atoms with van der Waals surface area (Å²) in [5.41, 5.74) is 2.11. The largest absolute Gasteiger partial charge is 0.494 e. The maximum Gasteiger partial charge on any atom is 0.150 e. The van der Waals surface area contributed by atoms with Crippen LogP contribution in [0.2, 0.25) is 0 Å². The number of imidazole rings is 1. The molecule has 3 heterocycles. The Kier molecular flexibility index (Phi) is 5.48. The molecule has 9 nitrogen and oxygen atoms in total. The van der Waals surface area contributed by atoms with Crippen LogP contribution in [-0.2, 0) is 0 Å². The van der Waals surface area contributed by atoms with E-state index in [1.165, 1.54) is 5.69 Å². The third kappa shape index (κ3) is 4.24. The van der Waals surface area contributed by atoms with E-state index >= 15 is 0 Å². The van der Waals surface area contributed by atoms with Crippen LogP contribution in [-0.4, -0.2) is 71.8 Å². The fourth-order valence-electron chi connectivity index (χ4n) is 3.31. The van der Waals surface area contributed by atoms with Crippen molar-refractivity contribution < 1.29 is 4.74 Å². The highest BCUT2D eigenvalue weighted by molar-refractivity contribution is 5.60. The lowest BCUT2D eigenvalue weighted by Crippen LogP contribution is -2.44. The molecule has 152 valence electrons. The van der Waals surface area contributed by atoms with Gasteiger partial charge >= 0.3 is 0 Å². The lowest BCUT2D eigenvalue weighted by molar-refractivity contribution is 0.312. The van der Waals surface area contributed by atoms with E-state index in [2.05, 4.69) is 60.6 Å². The molecule has 9 heteroatoms. The molecule has 0 atom stereocenters. The van der Waals surface area contributed by atoms with Gasteiger partial charge in [-0.3, -0.25) is 0 Å². The molecule has 0 spiro atoms. The summed E-state index contributed by atoms with van der Waals surface area (Å²) in [6.45, 7) is 4.18. The monoisotopic (exact) mass is 394 g/mol. The van der Waals surface area contributed by atoms with Crippen LogP contribution in [0.3, 0.4) is 0 Å². The molecular weight excluding hydrogens is 368 g/mol. The molecule has 0 amide bonds. The topological polar surface area (TPSA) is 83.4 Å². The molecule has 2 N–H and O–H groups in total. The Morgan fingerprint density at radius 3 is 2.41 bits per heavy atom. The lowest BCUT2D eigenvalue weighted by Gasteiger charge is -2.34. The van der Waals surface area contributed by atoms with Crippen molar-refractivity contribution >= 4 is 23.1 Å². The van der Waals surface area contributed by atoms with E-state index in [0.29, 0.717) is 17.5 Å². The molecule has 3 aromatic rings. The zero-order chi connectivity index (χ0) is 20.2. The summed E-state index contributed by atoms with van der Waals surface area (Å²) in [4.78, 5) is 17.7. The molecule has 1 fully saturated rings. The smallest absolute Gasteiger partial charge is 0.150 e. The average molecular weight is 394 g/mol. The van der Waals surface area contributed by atoms with Crippen molar-refractivity contribution in [2.75, 3.05) is 62.9 Å². The van der Waals surface area contributed by atoms with Crippen molar-refractivity contribution in [1.29, 1.82) is 0 Å². The second kappa shape index (κ2) is 8.36. The first-order valence-corrected chi connectivity index (χ1v) is 9.59. The third-order valence-electron chi connectivity index (χ3n) is 5.06. The predicted molar refractivity (Wildman–Crippen MR) is 115 cm³/mol. The average Bonchev–Trinajstić information content (AvgIpc) is 3.22. The van der Waals surface area contributed by atoms with E-state index < -0.39 is 0 Å². The summed E-state index contributed by atoms with van der Waals surface area (Å²) in [6, 6.07) is 6.30. The van der Waals surface area contributed by atoms with Gasteiger partial charge in [-0.1, -0.05) is 0 Å². The van der Waals surface area contributed by atoms with Crippen LogP contribution in [0.15, 0.2) is 43.1 Å². The van der Waals surface area contributed by atoms with Crippen molar-refractivity contribution in [3.63, 3.8) is 0 Å². The molecule has 0 unspecified atom stereocenters. The SMILES string of the molecule is CNc1cnc(Nc2cn(-c3ccc(N4CCN(C)CC4)cc3OC)cn2)cn1. The Balaban J connectivity index is 1.52. The number of anilines is 4. The van der Waals surface area contributed by atoms with Crippen LogP contribution >= 0.6 is 0 Å². The van der Waals surface area contributed by atoms with Crippen molar-refractivity contribution in [3.8, 4) is 11.4 Å². The number of aromatic nitrogens is 4. The number of hydrogen-bond acceptors (Lipinski definition) is 8. The Morgan fingerprint density at radius 2 is 1.72 bits per heavy atom.